The molecule has 1 saturated heterocycles. The number of nitrogens with one attached hydrogen (secondary N) is 2. The van der Waals surface area contributed by atoms with E-state index in [-0.39, 0.29) is 18.0 Å². The van der Waals surface area contributed by atoms with Crippen molar-refractivity contribution in [3.05, 3.63) is 35.4 Å². The van der Waals surface area contributed by atoms with E-state index in [4.69, 9.17) is 0 Å². The molecule has 4 nitrogen and oxygen atoms in total. The van der Waals surface area contributed by atoms with E-state index in [1.54, 1.807) is 24.3 Å². The molecule has 0 radical (unpaired) electrons. The molecular weight excluding hydrogens is 204 g/mol. The molecule has 2 N–H and O–H groups in total. The third kappa shape index (κ3) is 2.12. The molecule has 0 spiro atoms. The SMILES string of the molecule is CC1CNC(c2ccc(C=O)cc2)C(=O)N1. The number of hydrogen-bond acceptors (Lipinski definition) is 3. The molecule has 1 aromatic carbocycles. The van der Waals surface area contributed by atoms with Crippen LogP contribution in [0.4, 0.5) is 0 Å². The summed E-state index contributed by atoms with van der Waals surface area (Å²) >= 11 is 0. The first-order valence-corrected chi connectivity index (χ1v) is 5.29. The van der Waals surface area contributed by atoms with Crippen LogP contribution in [0.2, 0.25) is 0 Å². The van der Waals surface area contributed by atoms with Crippen molar-refractivity contribution in [2.75, 3.05) is 6.54 Å². The summed E-state index contributed by atoms with van der Waals surface area (Å²) in [7, 11) is 0. The van der Waals surface area contributed by atoms with Crippen LogP contribution in [0.3, 0.4) is 0 Å². The minimum absolute atomic E-state index is 0.0161. The van der Waals surface area contributed by atoms with Gasteiger partial charge in [0.2, 0.25) is 5.91 Å². The Kier molecular flexibility index (Phi) is 3.01. The van der Waals surface area contributed by atoms with Crippen LogP contribution >= 0.6 is 0 Å². The van der Waals surface area contributed by atoms with E-state index >= 15 is 0 Å². The van der Waals surface area contributed by atoms with Gasteiger partial charge in [0.1, 0.15) is 12.3 Å². The quantitative estimate of drug-likeness (QED) is 0.716. The van der Waals surface area contributed by atoms with E-state index in [1.807, 2.05) is 6.92 Å². The Morgan fingerprint density at radius 3 is 2.56 bits per heavy atom. The zero-order valence-corrected chi connectivity index (χ0v) is 9.07. The fraction of sp³-hybridized carbons (Fsp3) is 0.333. The van der Waals surface area contributed by atoms with Crippen molar-refractivity contribution in [1.82, 2.24) is 10.6 Å². The van der Waals surface area contributed by atoms with Crippen molar-refractivity contribution in [1.29, 1.82) is 0 Å². The van der Waals surface area contributed by atoms with Gasteiger partial charge < -0.3 is 10.6 Å². The first-order valence-electron chi connectivity index (χ1n) is 5.29. The van der Waals surface area contributed by atoms with E-state index in [0.717, 1.165) is 18.4 Å². The van der Waals surface area contributed by atoms with Gasteiger partial charge in [-0.25, -0.2) is 0 Å². The molecule has 84 valence electrons. The van der Waals surface area contributed by atoms with E-state index in [9.17, 15) is 9.59 Å². The second-order valence-corrected chi connectivity index (χ2v) is 4.04. The fourth-order valence-corrected chi connectivity index (χ4v) is 1.80. The van der Waals surface area contributed by atoms with Gasteiger partial charge in [0, 0.05) is 18.2 Å². The molecule has 16 heavy (non-hydrogen) atoms. The molecule has 2 rings (SSSR count). The number of carbonyl (C=O) groups is 2. The van der Waals surface area contributed by atoms with E-state index in [1.165, 1.54) is 0 Å². The Balaban J connectivity index is 2.17. The van der Waals surface area contributed by atoms with Crippen molar-refractivity contribution in [3.63, 3.8) is 0 Å². The predicted molar refractivity (Wildman–Crippen MR) is 60.2 cm³/mol. The first-order chi connectivity index (χ1) is 7.70. The van der Waals surface area contributed by atoms with E-state index < -0.39 is 0 Å². The van der Waals surface area contributed by atoms with Gasteiger partial charge in [-0.05, 0) is 12.5 Å². The van der Waals surface area contributed by atoms with Crippen molar-refractivity contribution < 1.29 is 9.59 Å². The van der Waals surface area contributed by atoms with Crippen LogP contribution in [0.15, 0.2) is 24.3 Å². The topological polar surface area (TPSA) is 58.2 Å². The van der Waals surface area contributed by atoms with Gasteiger partial charge in [-0.1, -0.05) is 24.3 Å². The minimum atomic E-state index is -0.308. The van der Waals surface area contributed by atoms with Crippen LogP contribution in [-0.2, 0) is 4.79 Å². The molecular formula is C12H14N2O2. The van der Waals surface area contributed by atoms with Crippen molar-refractivity contribution in [2.24, 2.45) is 0 Å². The van der Waals surface area contributed by atoms with Crippen LogP contribution in [0.1, 0.15) is 28.9 Å². The van der Waals surface area contributed by atoms with Gasteiger partial charge in [0.25, 0.3) is 0 Å². The van der Waals surface area contributed by atoms with Crippen LogP contribution in [0.5, 0.6) is 0 Å². The Morgan fingerprint density at radius 1 is 1.31 bits per heavy atom. The van der Waals surface area contributed by atoms with Crippen LogP contribution in [-0.4, -0.2) is 24.8 Å². The fourth-order valence-electron chi connectivity index (χ4n) is 1.80. The molecule has 1 aliphatic rings. The van der Waals surface area contributed by atoms with Gasteiger partial charge in [-0.2, -0.15) is 0 Å². The van der Waals surface area contributed by atoms with Crippen LogP contribution in [0.25, 0.3) is 0 Å². The minimum Gasteiger partial charge on any atom is -0.351 e. The first kappa shape index (κ1) is 10.8. The molecule has 1 fully saturated rings. The Morgan fingerprint density at radius 2 is 2.00 bits per heavy atom. The summed E-state index contributed by atoms with van der Waals surface area (Å²) in [6.07, 6.45) is 0.792. The smallest absolute Gasteiger partial charge is 0.241 e. The lowest BCUT2D eigenvalue weighted by atomic mass is 10.0. The molecule has 1 heterocycles. The average molecular weight is 218 g/mol. The van der Waals surface area contributed by atoms with E-state index in [0.29, 0.717) is 5.56 Å². The van der Waals surface area contributed by atoms with E-state index in [2.05, 4.69) is 10.6 Å². The maximum atomic E-state index is 11.7. The monoisotopic (exact) mass is 218 g/mol. The number of benzene rings is 1. The van der Waals surface area contributed by atoms with Gasteiger partial charge in [0.05, 0.1) is 0 Å². The highest BCUT2D eigenvalue weighted by molar-refractivity contribution is 5.84. The second kappa shape index (κ2) is 4.45. The highest BCUT2D eigenvalue weighted by Gasteiger charge is 2.26. The highest BCUT2D eigenvalue weighted by Crippen LogP contribution is 2.16. The molecule has 4 heteroatoms. The Bertz CT molecular complexity index is 400. The molecule has 1 aliphatic heterocycles. The molecule has 0 bridgehead atoms. The molecule has 1 amide bonds. The molecule has 1 aromatic rings. The summed E-state index contributed by atoms with van der Waals surface area (Å²) in [5.41, 5.74) is 1.50. The Labute approximate surface area is 94.0 Å². The summed E-state index contributed by atoms with van der Waals surface area (Å²) in [6, 6.07) is 6.90. The second-order valence-electron chi connectivity index (χ2n) is 4.04. The lowest BCUT2D eigenvalue weighted by molar-refractivity contribution is -0.125. The van der Waals surface area contributed by atoms with Crippen molar-refractivity contribution in [2.45, 2.75) is 19.0 Å². The maximum absolute atomic E-state index is 11.7. The van der Waals surface area contributed by atoms with Crippen LogP contribution in [0, 0.1) is 0 Å². The summed E-state index contributed by atoms with van der Waals surface area (Å²) in [5.74, 6) is -0.0161. The lowest BCUT2D eigenvalue weighted by Crippen LogP contribution is -2.52. The van der Waals surface area contributed by atoms with Crippen molar-refractivity contribution >= 4 is 12.2 Å². The molecule has 0 saturated carbocycles. The number of aldehydes is 1. The number of amides is 1. The number of rotatable bonds is 2. The summed E-state index contributed by atoms with van der Waals surface area (Å²) in [5, 5.41) is 6.06. The normalized spacial score (nSPS) is 24.9. The predicted octanol–water partition coefficient (Wildman–Crippen LogP) is 0.648. The standard InChI is InChI=1S/C12H14N2O2/c1-8-6-13-11(12(16)14-8)10-4-2-9(7-15)3-5-10/h2-5,7-8,11,13H,6H2,1H3,(H,14,16). The average Bonchev–Trinajstić information content (AvgIpc) is 2.29. The third-order valence-corrected chi connectivity index (χ3v) is 2.68. The summed E-state index contributed by atoms with van der Waals surface area (Å²) in [4.78, 5) is 22.2. The number of carbonyl (C=O) groups excluding carboxylic acids is 2. The zero-order valence-electron chi connectivity index (χ0n) is 9.07. The number of piperazine rings is 1. The maximum Gasteiger partial charge on any atom is 0.241 e. The van der Waals surface area contributed by atoms with Gasteiger partial charge in [-0.15, -0.1) is 0 Å². The molecule has 0 aliphatic carbocycles. The van der Waals surface area contributed by atoms with Crippen LogP contribution < -0.4 is 10.6 Å². The summed E-state index contributed by atoms with van der Waals surface area (Å²) in [6.45, 7) is 2.71. The van der Waals surface area contributed by atoms with Crippen molar-refractivity contribution in [3.8, 4) is 0 Å². The van der Waals surface area contributed by atoms with Gasteiger partial charge in [0.15, 0.2) is 0 Å². The van der Waals surface area contributed by atoms with Gasteiger partial charge >= 0.3 is 0 Å². The summed E-state index contributed by atoms with van der Waals surface area (Å²) < 4.78 is 0. The number of hydrogen-bond donors (Lipinski definition) is 2. The molecule has 2 unspecified atom stereocenters. The largest absolute Gasteiger partial charge is 0.351 e. The Hall–Kier alpha value is -1.68. The highest BCUT2D eigenvalue weighted by atomic mass is 16.2. The molecule has 0 aromatic heterocycles. The van der Waals surface area contributed by atoms with Gasteiger partial charge in [-0.3, -0.25) is 9.59 Å². The zero-order chi connectivity index (χ0) is 11.5. The third-order valence-electron chi connectivity index (χ3n) is 2.68. The lowest BCUT2D eigenvalue weighted by Gasteiger charge is -2.28. The molecule has 2 atom stereocenters.